The maximum atomic E-state index is 13.5. The average Bonchev–Trinajstić information content (AvgIpc) is 2.87. The molecule has 0 aromatic heterocycles. The Morgan fingerprint density at radius 3 is 2.50 bits per heavy atom. The van der Waals surface area contributed by atoms with Gasteiger partial charge in [-0.25, -0.2) is 4.39 Å². The van der Waals surface area contributed by atoms with E-state index in [0.29, 0.717) is 17.1 Å². The summed E-state index contributed by atoms with van der Waals surface area (Å²) in [5, 5.41) is 22.0. The molecule has 8 heteroatoms. The lowest BCUT2D eigenvalue weighted by Gasteiger charge is -2.29. The van der Waals surface area contributed by atoms with Gasteiger partial charge < -0.3 is 25.0 Å². The third-order valence-corrected chi connectivity index (χ3v) is 5.86. The summed E-state index contributed by atoms with van der Waals surface area (Å²) in [6.07, 6.45) is 0. The lowest BCUT2D eigenvalue weighted by Crippen LogP contribution is -2.41. The van der Waals surface area contributed by atoms with E-state index in [1.807, 2.05) is 31.2 Å². The molecule has 0 radical (unpaired) electrons. The monoisotopic (exact) mass is 487 g/mol. The number of aliphatic hydroxyl groups is 2. The predicted octanol–water partition coefficient (Wildman–Crippen LogP) is 4.21. The minimum absolute atomic E-state index is 0.0308. The molecular formula is C26H27ClFNO5. The van der Waals surface area contributed by atoms with Crippen molar-refractivity contribution in [3.05, 3.63) is 82.6 Å². The van der Waals surface area contributed by atoms with Crippen LogP contribution in [-0.4, -0.2) is 49.6 Å². The Labute approximate surface area is 202 Å². The van der Waals surface area contributed by atoms with Gasteiger partial charge in [0.05, 0.1) is 25.3 Å². The van der Waals surface area contributed by atoms with Gasteiger partial charge >= 0.3 is 0 Å². The zero-order chi connectivity index (χ0) is 24.7. The van der Waals surface area contributed by atoms with E-state index in [0.717, 1.165) is 16.7 Å². The first-order valence-corrected chi connectivity index (χ1v) is 11.1. The lowest BCUT2D eigenvalue weighted by atomic mass is 9.82. The first-order valence-electron chi connectivity index (χ1n) is 10.7. The van der Waals surface area contributed by atoms with Crippen LogP contribution in [0.25, 0.3) is 11.1 Å². The number of methoxy groups -OCH3 is 1. The topological polar surface area (TPSA) is 88.0 Å². The van der Waals surface area contributed by atoms with Crippen molar-refractivity contribution in [2.24, 2.45) is 0 Å². The summed E-state index contributed by atoms with van der Waals surface area (Å²) < 4.78 is 24.2. The number of hydrogen-bond acceptors (Lipinski definition) is 5. The Morgan fingerprint density at radius 1 is 1.06 bits per heavy atom. The summed E-state index contributed by atoms with van der Waals surface area (Å²) in [4.78, 5) is 12.8. The van der Waals surface area contributed by atoms with Crippen molar-refractivity contribution in [3.63, 3.8) is 0 Å². The van der Waals surface area contributed by atoms with Crippen molar-refractivity contribution in [3.8, 4) is 22.6 Å². The van der Waals surface area contributed by atoms with Crippen LogP contribution < -0.4 is 14.8 Å². The molecule has 1 amide bonds. The standard InChI is InChI=1S/C26H27ClFNO5/c1-26(16-31,20-5-3-4-17(12-20)18-6-8-22(28)21(27)13-18)15-29-25(32)19-7-9-23(34-11-10-30)24(14-19)33-2/h3-9,12-14,30-31H,10-11,15-16H2,1-2H3,(H,29,32). The Hall–Kier alpha value is -3.13. The Bertz CT molecular complexity index is 1160. The number of halogens is 2. The highest BCUT2D eigenvalue weighted by Crippen LogP contribution is 2.31. The molecule has 0 saturated carbocycles. The molecule has 1 atom stereocenters. The number of carbonyl (C=O) groups excluding carboxylic acids is 1. The van der Waals surface area contributed by atoms with E-state index in [1.165, 1.54) is 13.2 Å². The molecule has 0 aliphatic rings. The number of benzene rings is 3. The number of ether oxygens (including phenoxy) is 2. The number of hydrogen-bond donors (Lipinski definition) is 3. The molecule has 3 aromatic carbocycles. The first kappa shape index (κ1) is 25.5. The fourth-order valence-electron chi connectivity index (χ4n) is 3.46. The van der Waals surface area contributed by atoms with Gasteiger partial charge in [-0.15, -0.1) is 0 Å². The van der Waals surface area contributed by atoms with Gasteiger partial charge in [-0.3, -0.25) is 4.79 Å². The smallest absolute Gasteiger partial charge is 0.251 e. The molecule has 0 fully saturated rings. The van der Waals surface area contributed by atoms with Crippen LogP contribution in [0.4, 0.5) is 4.39 Å². The molecule has 34 heavy (non-hydrogen) atoms. The van der Waals surface area contributed by atoms with Crippen LogP contribution in [0.3, 0.4) is 0 Å². The van der Waals surface area contributed by atoms with Gasteiger partial charge in [0.2, 0.25) is 0 Å². The number of rotatable bonds is 10. The highest BCUT2D eigenvalue weighted by Gasteiger charge is 2.27. The highest BCUT2D eigenvalue weighted by atomic mass is 35.5. The van der Waals surface area contributed by atoms with Gasteiger partial charge in [0.1, 0.15) is 12.4 Å². The first-order chi connectivity index (χ1) is 16.3. The van der Waals surface area contributed by atoms with Crippen LogP contribution in [0, 0.1) is 5.82 Å². The second kappa shape index (κ2) is 11.3. The average molecular weight is 488 g/mol. The number of carbonyl (C=O) groups is 1. The molecule has 3 aromatic rings. The van der Waals surface area contributed by atoms with E-state index in [-0.39, 0.29) is 37.3 Å². The van der Waals surface area contributed by atoms with Crippen molar-refractivity contribution in [2.75, 3.05) is 33.5 Å². The number of nitrogens with one attached hydrogen (secondary N) is 1. The molecule has 6 nitrogen and oxygen atoms in total. The van der Waals surface area contributed by atoms with E-state index >= 15 is 0 Å². The molecule has 0 spiro atoms. The minimum Gasteiger partial charge on any atom is -0.493 e. The second-order valence-corrected chi connectivity index (χ2v) is 8.46. The van der Waals surface area contributed by atoms with Gasteiger partial charge in [0.25, 0.3) is 5.91 Å². The Kier molecular flexibility index (Phi) is 8.50. The second-order valence-electron chi connectivity index (χ2n) is 8.05. The van der Waals surface area contributed by atoms with Crippen molar-refractivity contribution in [1.82, 2.24) is 5.32 Å². The van der Waals surface area contributed by atoms with Gasteiger partial charge in [-0.05, 0) is 47.0 Å². The molecule has 3 rings (SSSR count). The lowest BCUT2D eigenvalue weighted by molar-refractivity contribution is 0.0933. The SMILES string of the molecule is COc1cc(C(=O)NCC(C)(CO)c2cccc(-c3ccc(F)c(Cl)c3)c2)ccc1OCCO. The fraction of sp³-hybridized carbons (Fsp3) is 0.269. The molecule has 0 heterocycles. The molecule has 0 aliphatic carbocycles. The van der Waals surface area contributed by atoms with E-state index in [1.54, 1.807) is 30.3 Å². The van der Waals surface area contributed by atoms with E-state index in [4.69, 9.17) is 26.2 Å². The van der Waals surface area contributed by atoms with Crippen molar-refractivity contribution in [1.29, 1.82) is 0 Å². The summed E-state index contributed by atoms with van der Waals surface area (Å²) in [5.74, 6) is -0.0371. The molecular weight excluding hydrogens is 461 g/mol. The zero-order valence-corrected chi connectivity index (χ0v) is 19.7. The summed E-state index contributed by atoms with van der Waals surface area (Å²) in [7, 11) is 1.47. The van der Waals surface area contributed by atoms with Gasteiger partial charge in [-0.2, -0.15) is 0 Å². The molecule has 3 N–H and O–H groups in total. The van der Waals surface area contributed by atoms with Crippen LogP contribution in [0.5, 0.6) is 11.5 Å². The number of aliphatic hydroxyl groups excluding tert-OH is 2. The van der Waals surface area contributed by atoms with Crippen LogP contribution >= 0.6 is 11.6 Å². The summed E-state index contributed by atoms with van der Waals surface area (Å²) in [5.41, 5.74) is 1.95. The zero-order valence-electron chi connectivity index (χ0n) is 19.0. The van der Waals surface area contributed by atoms with Crippen molar-refractivity contribution in [2.45, 2.75) is 12.3 Å². The van der Waals surface area contributed by atoms with E-state index in [2.05, 4.69) is 5.32 Å². The quantitative estimate of drug-likeness (QED) is 0.399. The van der Waals surface area contributed by atoms with Gasteiger partial charge in [0, 0.05) is 17.5 Å². The van der Waals surface area contributed by atoms with Crippen LogP contribution in [0.15, 0.2) is 60.7 Å². The largest absolute Gasteiger partial charge is 0.493 e. The normalized spacial score (nSPS) is 12.6. The predicted molar refractivity (Wildman–Crippen MR) is 129 cm³/mol. The highest BCUT2D eigenvalue weighted by molar-refractivity contribution is 6.31. The molecule has 0 saturated heterocycles. The summed E-state index contributed by atoms with van der Waals surface area (Å²) in [6, 6.07) is 16.7. The van der Waals surface area contributed by atoms with E-state index < -0.39 is 11.2 Å². The molecule has 1 unspecified atom stereocenters. The van der Waals surface area contributed by atoms with Crippen LogP contribution in [0.1, 0.15) is 22.8 Å². The molecule has 0 bridgehead atoms. The molecule has 0 aliphatic heterocycles. The Morgan fingerprint density at radius 2 is 1.82 bits per heavy atom. The maximum absolute atomic E-state index is 13.5. The van der Waals surface area contributed by atoms with Crippen LogP contribution in [0.2, 0.25) is 5.02 Å². The Balaban J connectivity index is 1.78. The van der Waals surface area contributed by atoms with E-state index in [9.17, 15) is 14.3 Å². The third kappa shape index (κ3) is 5.86. The third-order valence-electron chi connectivity index (χ3n) is 5.58. The van der Waals surface area contributed by atoms with Gasteiger partial charge in [0.15, 0.2) is 11.5 Å². The van der Waals surface area contributed by atoms with Gasteiger partial charge in [-0.1, -0.05) is 48.9 Å². The number of amides is 1. The van der Waals surface area contributed by atoms with Crippen molar-refractivity contribution < 1.29 is 28.9 Å². The summed E-state index contributed by atoms with van der Waals surface area (Å²) in [6.45, 7) is 1.77. The summed E-state index contributed by atoms with van der Waals surface area (Å²) >= 11 is 5.93. The molecule has 180 valence electrons. The van der Waals surface area contributed by atoms with Crippen molar-refractivity contribution >= 4 is 17.5 Å². The fourth-order valence-corrected chi connectivity index (χ4v) is 3.64. The van der Waals surface area contributed by atoms with Crippen LogP contribution in [-0.2, 0) is 5.41 Å². The maximum Gasteiger partial charge on any atom is 0.251 e. The minimum atomic E-state index is -0.774.